The summed E-state index contributed by atoms with van der Waals surface area (Å²) in [6.45, 7) is 8.02. The summed E-state index contributed by atoms with van der Waals surface area (Å²) in [5.74, 6) is 0.977. The number of rotatable bonds is 5. The SMILES string of the molecule is CC1=CCCC=C1.CC[C@@H]1CN(C(C)C(=O)c2ccc(O)cc2)C[C@@H]1CO. The van der Waals surface area contributed by atoms with Crippen molar-refractivity contribution in [2.75, 3.05) is 19.7 Å². The second-order valence-corrected chi connectivity index (χ2v) is 7.58. The Hall–Kier alpha value is -1.91. The average molecular weight is 372 g/mol. The van der Waals surface area contributed by atoms with E-state index in [0.29, 0.717) is 11.5 Å². The van der Waals surface area contributed by atoms with Crippen LogP contribution in [0.1, 0.15) is 50.4 Å². The molecule has 1 aromatic rings. The third kappa shape index (κ3) is 6.05. The molecule has 3 rings (SSSR count). The molecule has 1 saturated heterocycles. The van der Waals surface area contributed by atoms with Gasteiger partial charge >= 0.3 is 0 Å². The Kier molecular flexibility index (Phi) is 8.26. The minimum absolute atomic E-state index is 0.0680. The maximum Gasteiger partial charge on any atom is 0.179 e. The smallest absolute Gasteiger partial charge is 0.179 e. The molecule has 2 aliphatic rings. The van der Waals surface area contributed by atoms with E-state index in [2.05, 4.69) is 37.0 Å². The van der Waals surface area contributed by atoms with Crippen molar-refractivity contribution in [2.24, 2.45) is 11.8 Å². The molecule has 0 saturated carbocycles. The molecular formula is C23H33NO3. The van der Waals surface area contributed by atoms with Crippen LogP contribution >= 0.6 is 0 Å². The molecule has 2 N–H and O–H groups in total. The lowest BCUT2D eigenvalue weighted by Crippen LogP contribution is -2.37. The number of aromatic hydroxyl groups is 1. The van der Waals surface area contributed by atoms with Crippen LogP contribution in [-0.2, 0) is 0 Å². The van der Waals surface area contributed by atoms with Gasteiger partial charge in [-0.25, -0.2) is 0 Å². The second-order valence-electron chi connectivity index (χ2n) is 7.58. The summed E-state index contributed by atoms with van der Waals surface area (Å²) in [5.41, 5.74) is 2.03. The Morgan fingerprint density at radius 2 is 1.85 bits per heavy atom. The molecular weight excluding hydrogens is 338 g/mol. The van der Waals surface area contributed by atoms with Crippen LogP contribution in [-0.4, -0.2) is 46.6 Å². The predicted octanol–water partition coefficient (Wildman–Crippen LogP) is 4.20. The molecule has 0 amide bonds. The number of hydrogen-bond acceptors (Lipinski definition) is 4. The lowest BCUT2D eigenvalue weighted by molar-refractivity contribution is 0.0857. The summed E-state index contributed by atoms with van der Waals surface area (Å²) in [5, 5.41) is 18.7. The number of phenolic OH excluding ortho intramolecular Hbond substituents is 1. The summed E-state index contributed by atoms with van der Waals surface area (Å²) >= 11 is 0. The maximum atomic E-state index is 12.4. The lowest BCUT2D eigenvalue weighted by atomic mass is 9.95. The van der Waals surface area contributed by atoms with E-state index >= 15 is 0 Å². The summed E-state index contributed by atoms with van der Waals surface area (Å²) in [7, 11) is 0. The molecule has 0 aromatic heterocycles. The summed E-state index contributed by atoms with van der Waals surface area (Å²) in [4.78, 5) is 14.6. The van der Waals surface area contributed by atoms with E-state index in [1.165, 1.54) is 30.5 Å². The highest BCUT2D eigenvalue weighted by molar-refractivity contribution is 5.99. The lowest BCUT2D eigenvalue weighted by Gasteiger charge is -2.23. The summed E-state index contributed by atoms with van der Waals surface area (Å²) < 4.78 is 0. The number of phenols is 1. The number of aliphatic hydroxyl groups excluding tert-OH is 1. The Morgan fingerprint density at radius 3 is 2.30 bits per heavy atom. The topological polar surface area (TPSA) is 60.8 Å². The van der Waals surface area contributed by atoms with Crippen molar-refractivity contribution >= 4 is 5.78 Å². The van der Waals surface area contributed by atoms with E-state index in [0.717, 1.165) is 19.5 Å². The standard InChI is InChI=1S/C16H23NO3.C7H10/c1-3-12-8-17(9-14(12)10-18)11(2)16(20)13-4-6-15(19)7-5-13;1-7-5-3-2-4-6-7/h4-7,11-12,14,18-19H,3,8-10H2,1-2H3;3,5-6H,2,4H2,1H3/t11?,12-,14-;/m1./s1. The van der Waals surface area contributed by atoms with E-state index in [1.54, 1.807) is 12.1 Å². The third-order valence-corrected chi connectivity index (χ3v) is 5.62. The van der Waals surface area contributed by atoms with Gasteiger partial charge in [0.15, 0.2) is 5.78 Å². The van der Waals surface area contributed by atoms with Gasteiger partial charge < -0.3 is 10.2 Å². The number of ketones is 1. The summed E-state index contributed by atoms with van der Waals surface area (Å²) in [6, 6.07) is 6.20. The Balaban J connectivity index is 0.000000313. The summed E-state index contributed by atoms with van der Waals surface area (Å²) in [6.07, 6.45) is 10.2. The molecule has 1 fully saturated rings. The van der Waals surface area contributed by atoms with Crippen molar-refractivity contribution in [3.63, 3.8) is 0 Å². The number of benzene rings is 1. The van der Waals surface area contributed by atoms with Crippen molar-refractivity contribution in [1.82, 2.24) is 4.90 Å². The zero-order valence-corrected chi connectivity index (χ0v) is 16.8. The van der Waals surface area contributed by atoms with Crippen molar-refractivity contribution in [2.45, 2.75) is 46.1 Å². The molecule has 1 unspecified atom stereocenters. The molecule has 0 bridgehead atoms. The zero-order valence-electron chi connectivity index (χ0n) is 16.8. The number of Topliss-reactive ketones (excluding diaryl/α,β-unsaturated/α-hetero) is 1. The van der Waals surface area contributed by atoms with Crippen LogP contribution in [0.4, 0.5) is 0 Å². The number of allylic oxidation sites excluding steroid dienone is 4. The number of carbonyl (C=O) groups excluding carboxylic acids is 1. The first kappa shape index (κ1) is 21.4. The van der Waals surface area contributed by atoms with Gasteiger partial charge in [0.25, 0.3) is 0 Å². The molecule has 0 radical (unpaired) electrons. The highest BCUT2D eigenvalue weighted by Gasteiger charge is 2.35. The molecule has 4 heteroatoms. The van der Waals surface area contributed by atoms with Crippen LogP contribution in [0.3, 0.4) is 0 Å². The van der Waals surface area contributed by atoms with E-state index in [-0.39, 0.29) is 30.1 Å². The third-order valence-electron chi connectivity index (χ3n) is 5.62. The monoisotopic (exact) mass is 371 g/mol. The van der Waals surface area contributed by atoms with Crippen molar-refractivity contribution in [3.8, 4) is 5.75 Å². The maximum absolute atomic E-state index is 12.4. The fourth-order valence-electron chi connectivity index (χ4n) is 3.74. The first-order valence-corrected chi connectivity index (χ1v) is 9.97. The van der Waals surface area contributed by atoms with E-state index in [9.17, 15) is 15.0 Å². The van der Waals surface area contributed by atoms with Crippen LogP contribution < -0.4 is 0 Å². The van der Waals surface area contributed by atoms with Crippen LogP contribution in [0.2, 0.25) is 0 Å². The Bertz CT molecular complexity index is 651. The first-order chi connectivity index (χ1) is 13.0. The van der Waals surface area contributed by atoms with Gasteiger partial charge in [-0.15, -0.1) is 0 Å². The first-order valence-electron chi connectivity index (χ1n) is 9.97. The molecule has 27 heavy (non-hydrogen) atoms. The van der Waals surface area contributed by atoms with Crippen molar-refractivity contribution in [1.29, 1.82) is 0 Å². The van der Waals surface area contributed by atoms with Gasteiger partial charge in [0, 0.05) is 25.3 Å². The van der Waals surface area contributed by atoms with Gasteiger partial charge in [-0.1, -0.05) is 37.1 Å². The van der Waals surface area contributed by atoms with Crippen LogP contribution in [0.25, 0.3) is 0 Å². The van der Waals surface area contributed by atoms with Crippen molar-refractivity contribution < 1.29 is 15.0 Å². The highest BCUT2D eigenvalue weighted by atomic mass is 16.3. The van der Waals surface area contributed by atoms with Gasteiger partial charge in [-0.05, 0) is 62.8 Å². The largest absolute Gasteiger partial charge is 0.508 e. The average Bonchev–Trinajstić information content (AvgIpc) is 3.12. The minimum Gasteiger partial charge on any atom is -0.508 e. The van der Waals surface area contributed by atoms with Crippen LogP contribution in [0.15, 0.2) is 48.1 Å². The zero-order chi connectivity index (χ0) is 19.8. The number of nitrogens with zero attached hydrogens (tertiary/aromatic N) is 1. The van der Waals surface area contributed by atoms with Gasteiger partial charge in [0.05, 0.1) is 6.04 Å². The molecule has 3 atom stereocenters. The minimum atomic E-state index is -0.190. The number of likely N-dealkylation sites (tertiary alicyclic amines) is 1. The van der Waals surface area contributed by atoms with E-state index < -0.39 is 0 Å². The van der Waals surface area contributed by atoms with Crippen LogP contribution in [0.5, 0.6) is 5.75 Å². The number of aliphatic hydroxyl groups is 1. The van der Waals surface area contributed by atoms with Crippen LogP contribution in [0, 0.1) is 11.8 Å². The predicted molar refractivity (Wildman–Crippen MR) is 110 cm³/mol. The quantitative estimate of drug-likeness (QED) is 0.762. The molecule has 0 spiro atoms. The Labute approximate surface area is 163 Å². The Morgan fingerprint density at radius 1 is 1.19 bits per heavy atom. The fourth-order valence-corrected chi connectivity index (χ4v) is 3.74. The molecule has 148 valence electrons. The molecule has 1 aliphatic heterocycles. The van der Waals surface area contributed by atoms with Gasteiger partial charge in [0.2, 0.25) is 0 Å². The molecule has 1 aromatic carbocycles. The highest BCUT2D eigenvalue weighted by Crippen LogP contribution is 2.28. The van der Waals surface area contributed by atoms with E-state index in [4.69, 9.17) is 0 Å². The van der Waals surface area contributed by atoms with Gasteiger partial charge in [0.1, 0.15) is 5.75 Å². The van der Waals surface area contributed by atoms with Gasteiger partial charge in [-0.2, -0.15) is 0 Å². The fraction of sp³-hybridized carbons (Fsp3) is 0.522. The van der Waals surface area contributed by atoms with Gasteiger partial charge in [-0.3, -0.25) is 9.69 Å². The molecule has 4 nitrogen and oxygen atoms in total. The molecule has 1 heterocycles. The number of hydrogen-bond donors (Lipinski definition) is 2. The number of carbonyl (C=O) groups is 1. The van der Waals surface area contributed by atoms with E-state index in [1.807, 2.05) is 6.92 Å². The molecule has 1 aliphatic carbocycles. The van der Waals surface area contributed by atoms with Crippen molar-refractivity contribution in [3.05, 3.63) is 53.6 Å². The second kappa shape index (κ2) is 10.4. The normalized spacial score (nSPS) is 23.3.